The van der Waals surface area contributed by atoms with Crippen molar-refractivity contribution in [2.24, 2.45) is 0 Å². The Morgan fingerprint density at radius 3 is 2.34 bits per heavy atom. The normalized spacial score (nSPS) is 12.2. The molecule has 0 unspecified atom stereocenters. The van der Waals surface area contributed by atoms with Gasteiger partial charge in [-0.3, -0.25) is 14.1 Å². The molecular weight excluding hydrogens is 533 g/mol. The van der Waals surface area contributed by atoms with Gasteiger partial charge in [-0.25, -0.2) is 14.5 Å². The number of carbonyl (C=O) groups excluding carboxylic acids is 2. The molecule has 0 atom stereocenters. The molecule has 0 aliphatic carbocycles. The molecule has 0 aliphatic rings. The van der Waals surface area contributed by atoms with E-state index in [-0.39, 0.29) is 37.1 Å². The van der Waals surface area contributed by atoms with Crippen molar-refractivity contribution < 1.29 is 38.1 Å². The smallest absolute Gasteiger partial charge is 0.391 e. The van der Waals surface area contributed by atoms with Gasteiger partial charge in [-0.05, 0) is 25.6 Å². The number of nitrogen functional groups attached to an aromatic ring is 1. The minimum Gasteiger partial charge on any atom is -0.391 e. The zero-order chi connectivity index (χ0) is 28.9. The lowest BCUT2D eigenvalue weighted by molar-refractivity contribution is -0.870. The number of hydrogen-bond donors (Lipinski definition) is 4. The van der Waals surface area contributed by atoms with Crippen molar-refractivity contribution in [3.05, 3.63) is 64.1 Å². The lowest BCUT2D eigenvalue weighted by atomic mass is 10.2. The summed E-state index contributed by atoms with van der Waals surface area (Å²) in [5.74, 6) is 0.719. The largest absolute Gasteiger partial charge is 0.469 e. The molecular formula is C24H37N5O7PS+. The number of likely N-dealkylation sites (N-methyl/N-ethyl adjacent to an activating group) is 1. The van der Waals surface area contributed by atoms with Gasteiger partial charge in [0.15, 0.2) is 0 Å². The number of phosphoric ester groups is 1. The molecule has 38 heavy (non-hydrogen) atoms. The van der Waals surface area contributed by atoms with E-state index in [1.807, 2.05) is 0 Å². The van der Waals surface area contributed by atoms with Gasteiger partial charge < -0.3 is 30.0 Å². The Bertz CT molecular complexity index is 1140. The lowest BCUT2D eigenvalue weighted by Gasteiger charge is -2.22. The van der Waals surface area contributed by atoms with Gasteiger partial charge in [-0.15, -0.1) is 0 Å². The van der Waals surface area contributed by atoms with Crippen LogP contribution in [0.2, 0.25) is 0 Å². The molecule has 1 amide bonds. The van der Waals surface area contributed by atoms with E-state index in [4.69, 9.17) is 20.6 Å². The monoisotopic (exact) mass is 570 g/mol. The second kappa shape index (κ2) is 15.7. The summed E-state index contributed by atoms with van der Waals surface area (Å²) in [7, 11) is 1.48. The molecule has 0 spiro atoms. The molecule has 0 aliphatic heterocycles. The van der Waals surface area contributed by atoms with E-state index in [9.17, 15) is 14.2 Å². The van der Waals surface area contributed by atoms with Gasteiger partial charge in [0.2, 0.25) is 11.5 Å². The number of anilines is 1. The minimum absolute atomic E-state index is 0.00437. The third-order valence-corrected chi connectivity index (χ3v) is 6.59. The average Bonchev–Trinajstić information content (AvgIpc) is 2.82. The first-order valence-corrected chi connectivity index (χ1v) is 13.9. The second-order valence-corrected chi connectivity index (χ2v) is 11.4. The zero-order valence-electron chi connectivity index (χ0n) is 22.3. The number of rotatable bonds is 12. The Labute approximate surface area is 227 Å². The molecule has 14 heteroatoms. The number of amides is 1. The number of aliphatic hydroxyl groups is 1. The van der Waals surface area contributed by atoms with Crippen molar-refractivity contribution >= 4 is 36.9 Å². The summed E-state index contributed by atoms with van der Waals surface area (Å²) in [5.41, 5.74) is 7.29. The predicted octanol–water partition coefficient (Wildman–Crippen LogP) is 2.32. The number of aryl methyl sites for hydroxylation is 1. The summed E-state index contributed by atoms with van der Waals surface area (Å²) >= 11 is 0.862. The maximum absolute atomic E-state index is 12.7. The Kier molecular flexibility index (Phi) is 13.8. The second-order valence-electron chi connectivity index (χ2n) is 9.14. The van der Waals surface area contributed by atoms with Crippen LogP contribution in [-0.2, 0) is 20.4 Å². The van der Waals surface area contributed by atoms with Gasteiger partial charge in [0.1, 0.15) is 18.2 Å². The molecule has 1 aromatic carbocycles. The SMILES string of the molecule is CC(=C(CCOP(=O)(O)O)SC(=O)c1ccccc1)N(C=O)Cc1cnc(C)nc1N.C[N+](C)(C)CCO. The number of benzene rings is 1. The number of aliphatic hydroxyl groups excluding tert-OH is 1. The van der Waals surface area contributed by atoms with Gasteiger partial charge in [0, 0.05) is 34.3 Å². The highest BCUT2D eigenvalue weighted by molar-refractivity contribution is 8.17. The van der Waals surface area contributed by atoms with E-state index >= 15 is 0 Å². The fourth-order valence-electron chi connectivity index (χ4n) is 2.82. The van der Waals surface area contributed by atoms with Crippen LogP contribution in [0.5, 0.6) is 0 Å². The number of phosphoric acid groups is 1. The van der Waals surface area contributed by atoms with Crippen LogP contribution in [0.3, 0.4) is 0 Å². The number of carbonyl (C=O) groups is 2. The third-order valence-electron chi connectivity index (χ3n) is 4.91. The molecule has 1 aromatic heterocycles. The van der Waals surface area contributed by atoms with Crippen molar-refractivity contribution in [2.45, 2.75) is 26.8 Å². The molecule has 0 radical (unpaired) electrons. The van der Waals surface area contributed by atoms with Crippen LogP contribution in [0.4, 0.5) is 5.82 Å². The molecule has 5 N–H and O–H groups in total. The standard InChI is InChI=1S/C19H23N4O6PS.C5H14NO/c1-13(23(12-24)11-16-10-21-14(2)22-18(16)20)17(8-9-29-30(26,27)28)31-19(25)15-6-4-3-5-7-15;1-6(2,3)4-5-7/h3-7,10,12H,8-9,11H2,1-2H3,(H2,20,21,22)(H2,26,27,28);7H,4-5H2,1-3H3/q;+1. The molecule has 1 heterocycles. The van der Waals surface area contributed by atoms with Crippen molar-refractivity contribution in [3.63, 3.8) is 0 Å². The minimum atomic E-state index is -4.67. The maximum Gasteiger partial charge on any atom is 0.469 e. The van der Waals surface area contributed by atoms with Gasteiger partial charge in [0.05, 0.1) is 40.9 Å². The number of allylic oxidation sites excluding steroid dienone is 1. The summed E-state index contributed by atoms with van der Waals surface area (Å²) in [6, 6.07) is 8.52. The van der Waals surface area contributed by atoms with Crippen LogP contribution in [-0.4, -0.2) is 86.7 Å². The average molecular weight is 571 g/mol. The molecule has 0 fully saturated rings. The fourth-order valence-corrected chi connectivity index (χ4v) is 4.08. The molecule has 210 valence electrons. The number of thioether (sulfide) groups is 1. The number of nitrogens with two attached hydrogens (primary N) is 1. The quantitative estimate of drug-likeness (QED) is 0.167. The van der Waals surface area contributed by atoms with Gasteiger partial charge in [0.25, 0.3) is 0 Å². The van der Waals surface area contributed by atoms with Crippen molar-refractivity contribution in [2.75, 3.05) is 46.6 Å². The highest BCUT2D eigenvalue weighted by atomic mass is 32.2. The number of hydrogen-bond acceptors (Lipinski definition) is 9. The number of quaternary nitrogens is 1. The summed E-state index contributed by atoms with van der Waals surface area (Å²) in [6.07, 6.45) is 2.09. The Balaban J connectivity index is 0.000000905. The van der Waals surface area contributed by atoms with E-state index in [1.54, 1.807) is 44.2 Å². The number of aromatic nitrogens is 2. The Hall–Kier alpha value is -2.64. The third kappa shape index (κ3) is 13.2. The molecule has 0 bridgehead atoms. The van der Waals surface area contributed by atoms with Crippen LogP contribution in [0.1, 0.15) is 35.1 Å². The molecule has 0 saturated heterocycles. The summed E-state index contributed by atoms with van der Waals surface area (Å²) in [6.45, 7) is 4.15. The van der Waals surface area contributed by atoms with Crippen LogP contribution in [0.15, 0.2) is 47.1 Å². The van der Waals surface area contributed by atoms with Gasteiger partial charge in [-0.2, -0.15) is 0 Å². The first-order valence-electron chi connectivity index (χ1n) is 11.5. The van der Waals surface area contributed by atoms with E-state index < -0.39 is 7.82 Å². The summed E-state index contributed by atoms with van der Waals surface area (Å²) < 4.78 is 16.4. The van der Waals surface area contributed by atoms with Crippen LogP contribution in [0, 0.1) is 6.92 Å². The highest BCUT2D eigenvalue weighted by Crippen LogP contribution is 2.37. The maximum atomic E-state index is 12.7. The predicted molar refractivity (Wildman–Crippen MR) is 146 cm³/mol. The molecule has 12 nitrogen and oxygen atoms in total. The van der Waals surface area contributed by atoms with E-state index in [0.29, 0.717) is 34.0 Å². The molecule has 0 saturated carbocycles. The Morgan fingerprint density at radius 1 is 1.24 bits per heavy atom. The zero-order valence-corrected chi connectivity index (χ0v) is 24.0. The lowest BCUT2D eigenvalue weighted by Crippen LogP contribution is -2.36. The van der Waals surface area contributed by atoms with E-state index in [0.717, 1.165) is 22.8 Å². The Morgan fingerprint density at radius 2 is 1.87 bits per heavy atom. The number of nitrogens with zero attached hydrogens (tertiary/aromatic N) is 4. The molecule has 2 rings (SSSR count). The topological polar surface area (TPSA) is 176 Å². The summed E-state index contributed by atoms with van der Waals surface area (Å²) in [4.78, 5) is 52.2. The first kappa shape index (κ1) is 33.4. The van der Waals surface area contributed by atoms with Crippen molar-refractivity contribution in [3.8, 4) is 0 Å². The fraction of sp³-hybridized carbons (Fsp3) is 0.417. The van der Waals surface area contributed by atoms with Crippen molar-refractivity contribution in [1.82, 2.24) is 14.9 Å². The first-order chi connectivity index (χ1) is 17.7. The van der Waals surface area contributed by atoms with E-state index in [2.05, 4.69) is 35.6 Å². The van der Waals surface area contributed by atoms with Crippen molar-refractivity contribution in [1.29, 1.82) is 0 Å². The van der Waals surface area contributed by atoms with Gasteiger partial charge in [-0.1, -0.05) is 30.3 Å². The van der Waals surface area contributed by atoms with Crippen LogP contribution < -0.4 is 5.73 Å². The summed E-state index contributed by atoms with van der Waals surface area (Å²) in [5, 5.41) is 8.10. The highest BCUT2D eigenvalue weighted by Gasteiger charge is 2.20. The van der Waals surface area contributed by atoms with Gasteiger partial charge >= 0.3 is 7.82 Å². The van der Waals surface area contributed by atoms with Crippen LogP contribution >= 0.6 is 19.6 Å². The molecule has 2 aromatic rings. The van der Waals surface area contributed by atoms with E-state index in [1.165, 1.54) is 11.1 Å². The van der Waals surface area contributed by atoms with Crippen LogP contribution in [0.25, 0.3) is 0 Å².